The van der Waals surface area contributed by atoms with Gasteiger partial charge in [-0.1, -0.05) is 12.1 Å². The first kappa shape index (κ1) is 16.2. The Kier molecular flexibility index (Phi) is 4.76. The van der Waals surface area contributed by atoms with Gasteiger partial charge in [-0.05, 0) is 49.7 Å². The fourth-order valence-electron chi connectivity index (χ4n) is 3.88. The molecule has 1 saturated heterocycles. The van der Waals surface area contributed by atoms with Crippen LogP contribution in [0.4, 0.5) is 0 Å². The second-order valence-electron chi connectivity index (χ2n) is 7.12. The fraction of sp³-hybridized carbons (Fsp3) is 0.400. The number of imidazole rings is 1. The molecule has 4 rings (SSSR count). The molecule has 1 aliphatic rings. The molecular formula is C20H25N5. The SMILES string of the molecule is CN(Cc1cccnc1)C[C@H]1CCN(Cc2cccc3nccn23)C1. The molecule has 25 heavy (non-hydrogen) atoms. The molecule has 4 heterocycles. The zero-order chi connectivity index (χ0) is 17.1. The molecule has 5 nitrogen and oxygen atoms in total. The lowest BCUT2D eigenvalue weighted by Crippen LogP contribution is -2.28. The normalized spacial score (nSPS) is 18.4. The molecule has 130 valence electrons. The van der Waals surface area contributed by atoms with Crippen LogP contribution in [0, 0.1) is 5.92 Å². The van der Waals surface area contributed by atoms with E-state index < -0.39 is 0 Å². The molecule has 0 aliphatic carbocycles. The molecule has 0 spiro atoms. The van der Waals surface area contributed by atoms with Crippen LogP contribution < -0.4 is 0 Å². The maximum absolute atomic E-state index is 4.38. The monoisotopic (exact) mass is 335 g/mol. The van der Waals surface area contributed by atoms with Gasteiger partial charge in [-0.25, -0.2) is 4.98 Å². The van der Waals surface area contributed by atoms with Crippen molar-refractivity contribution in [1.82, 2.24) is 24.2 Å². The van der Waals surface area contributed by atoms with Crippen molar-refractivity contribution >= 4 is 5.65 Å². The molecule has 0 unspecified atom stereocenters. The van der Waals surface area contributed by atoms with E-state index in [1.807, 2.05) is 24.7 Å². The van der Waals surface area contributed by atoms with Gasteiger partial charge in [0.1, 0.15) is 5.65 Å². The van der Waals surface area contributed by atoms with Crippen LogP contribution in [-0.4, -0.2) is 50.9 Å². The topological polar surface area (TPSA) is 36.7 Å². The summed E-state index contributed by atoms with van der Waals surface area (Å²) in [5.74, 6) is 0.740. The Morgan fingerprint density at radius 3 is 3.04 bits per heavy atom. The van der Waals surface area contributed by atoms with Gasteiger partial charge in [-0.2, -0.15) is 0 Å². The molecule has 3 aromatic heterocycles. The molecule has 1 atom stereocenters. The van der Waals surface area contributed by atoms with Gasteiger partial charge >= 0.3 is 0 Å². The summed E-state index contributed by atoms with van der Waals surface area (Å²) in [5.41, 5.74) is 3.63. The van der Waals surface area contributed by atoms with Crippen LogP contribution in [0.25, 0.3) is 5.65 Å². The van der Waals surface area contributed by atoms with E-state index in [0.29, 0.717) is 0 Å². The van der Waals surface area contributed by atoms with Crippen molar-refractivity contribution in [2.75, 3.05) is 26.7 Å². The summed E-state index contributed by atoms with van der Waals surface area (Å²) in [7, 11) is 2.21. The molecule has 1 aliphatic heterocycles. The largest absolute Gasteiger partial charge is 0.303 e. The second-order valence-corrected chi connectivity index (χ2v) is 7.12. The number of aromatic nitrogens is 3. The molecule has 0 bridgehead atoms. The Hall–Kier alpha value is -2.24. The highest BCUT2D eigenvalue weighted by atomic mass is 15.2. The molecule has 0 N–H and O–H groups in total. The lowest BCUT2D eigenvalue weighted by Gasteiger charge is -2.21. The first-order valence-electron chi connectivity index (χ1n) is 8.99. The molecule has 5 heteroatoms. The third-order valence-corrected chi connectivity index (χ3v) is 5.01. The van der Waals surface area contributed by atoms with Crippen LogP contribution in [0.3, 0.4) is 0 Å². The summed E-state index contributed by atoms with van der Waals surface area (Å²) >= 11 is 0. The summed E-state index contributed by atoms with van der Waals surface area (Å²) in [6, 6.07) is 10.5. The van der Waals surface area contributed by atoms with Crippen LogP contribution in [0.15, 0.2) is 55.1 Å². The third kappa shape index (κ3) is 3.89. The number of hydrogen-bond acceptors (Lipinski definition) is 4. The highest BCUT2D eigenvalue weighted by Crippen LogP contribution is 2.20. The number of likely N-dealkylation sites (tertiary alicyclic amines) is 1. The number of rotatable bonds is 6. The number of hydrogen-bond donors (Lipinski definition) is 0. The summed E-state index contributed by atoms with van der Waals surface area (Å²) < 4.78 is 2.20. The molecule has 0 amide bonds. The molecule has 0 saturated carbocycles. The van der Waals surface area contributed by atoms with Gasteiger partial charge in [0.25, 0.3) is 0 Å². The average molecular weight is 335 g/mol. The van der Waals surface area contributed by atoms with Crippen molar-refractivity contribution in [2.45, 2.75) is 19.5 Å². The van der Waals surface area contributed by atoms with Crippen molar-refractivity contribution in [3.05, 3.63) is 66.4 Å². The zero-order valence-electron chi connectivity index (χ0n) is 14.8. The third-order valence-electron chi connectivity index (χ3n) is 5.01. The summed E-state index contributed by atoms with van der Waals surface area (Å²) in [6.45, 7) is 5.45. The fourth-order valence-corrected chi connectivity index (χ4v) is 3.88. The predicted octanol–water partition coefficient (Wildman–Crippen LogP) is 2.68. The Morgan fingerprint density at radius 1 is 1.20 bits per heavy atom. The van der Waals surface area contributed by atoms with Gasteiger partial charge in [-0.15, -0.1) is 0 Å². The van der Waals surface area contributed by atoms with Crippen molar-refractivity contribution in [3.8, 4) is 0 Å². The number of fused-ring (bicyclic) bond motifs is 1. The average Bonchev–Trinajstić information content (AvgIpc) is 3.25. The van der Waals surface area contributed by atoms with Crippen LogP contribution >= 0.6 is 0 Å². The standard InChI is InChI=1S/C20H25N5/c1-23(13-17-4-3-8-21-12-17)14-18-7-10-24(15-18)16-19-5-2-6-20-22-9-11-25(19)20/h2-6,8-9,11-12,18H,7,10,13-16H2,1H3/t18-/m1/s1. The van der Waals surface area contributed by atoms with E-state index in [-0.39, 0.29) is 0 Å². The lowest BCUT2D eigenvalue weighted by molar-refractivity contribution is 0.253. The Bertz CT molecular complexity index is 813. The van der Waals surface area contributed by atoms with E-state index in [1.54, 1.807) is 0 Å². The lowest BCUT2D eigenvalue weighted by atomic mass is 10.1. The van der Waals surface area contributed by atoms with E-state index in [1.165, 1.54) is 30.8 Å². The summed E-state index contributed by atoms with van der Waals surface area (Å²) in [4.78, 5) is 13.6. The van der Waals surface area contributed by atoms with Gasteiger partial charge < -0.3 is 9.30 Å². The zero-order valence-corrected chi connectivity index (χ0v) is 14.8. The quantitative estimate of drug-likeness (QED) is 0.694. The molecule has 3 aromatic rings. The van der Waals surface area contributed by atoms with Crippen molar-refractivity contribution in [1.29, 1.82) is 0 Å². The van der Waals surface area contributed by atoms with E-state index in [2.05, 4.69) is 61.7 Å². The maximum atomic E-state index is 4.38. The van der Waals surface area contributed by atoms with Gasteiger partial charge in [0, 0.05) is 56.7 Å². The van der Waals surface area contributed by atoms with Gasteiger partial charge in [-0.3, -0.25) is 9.88 Å². The first-order valence-corrected chi connectivity index (χ1v) is 8.99. The molecular weight excluding hydrogens is 310 g/mol. The van der Waals surface area contributed by atoms with E-state index >= 15 is 0 Å². The molecule has 0 aromatic carbocycles. The van der Waals surface area contributed by atoms with Crippen LogP contribution in [-0.2, 0) is 13.1 Å². The van der Waals surface area contributed by atoms with E-state index in [0.717, 1.165) is 31.2 Å². The first-order chi connectivity index (χ1) is 12.3. The minimum Gasteiger partial charge on any atom is -0.303 e. The Labute approximate surface area is 148 Å². The Morgan fingerprint density at radius 2 is 2.16 bits per heavy atom. The van der Waals surface area contributed by atoms with Gasteiger partial charge in [0.05, 0.1) is 0 Å². The smallest absolute Gasteiger partial charge is 0.136 e. The maximum Gasteiger partial charge on any atom is 0.136 e. The highest BCUT2D eigenvalue weighted by Gasteiger charge is 2.24. The van der Waals surface area contributed by atoms with E-state index in [9.17, 15) is 0 Å². The van der Waals surface area contributed by atoms with Gasteiger partial charge in [0.2, 0.25) is 0 Å². The number of nitrogens with zero attached hydrogens (tertiary/aromatic N) is 5. The summed E-state index contributed by atoms with van der Waals surface area (Å²) in [6.07, 6.45) is 9.00. The minimum absolute atomic E-state index is 0.740. The van der Waals surface area contributed by atoms with Crippen LogP contribution in [0.5, 0.6) is 0 Å². The van der Waals surface area contributed by atoms with Crippen LogP contribution in [0.1, 0.15) is 17.7 Å². The summed E-state index contributed by atoms with van der Waals surface area (Å²) in [5, 5.41) is 0. The minimum atomic E-state index is 0.740. The predicted molar refractivity (Wildman–Crippen MR) is 99.1 cm³/mol. The second kappa shape index (κ2) is 7.33. The van der Waals surface area contributed by atoms with Crippen molar-refractivity contribution in [2.24, 2.45) is 5.92 Å². The van der Waals surface area contributed by atoms with Crippen LogP contribution in [0.2, 0.25) is 0 Å². The van der Waals surface area contributed by atoms with Gasteiger partial charge in [0.15, 0.2) is 0 Å². The molecule has 0 radical (unpaired) electrons. The highest BCUT2D eigenvalue weighted by molar-refractivity contribution is 5.39. The van der Waals surface area contributed by atoms with Crippen molar-refractivity contribution < 1.29 is 0 Å². The Balaban J connectivity index is 1.31. The van der Waals surface area contributed by atoms with E-state index in [4.69, 9.17) is 0 Å². The van der Waals surface area contributed by atoms with Crippen molar-refractivity contribution in [3.63, 3.8) is 0 Å². The molecule has 1 fully saturated rings. The number of pyridine rings is 2.